The Morgan fingerprint density at radius 1 is 1.12 bits per heavy atom. The summed E-state index contributed by atoms with van der Waals surface area (Å²) in [4.78, 5) is 23.3. The molecule has 0 atom stereocenters. The Hall–Kier alpha value is -2.59. The number of hydrogen-bond donors (Lipinski definition) is 0. The molecule has 0 aliphatic carbocycles. The fourth-order valence-corrected chi connectivity index (χ4v) is 5.46. The summed E-state index contributed by atoms with van der Waals surface area (Å²) in [6, 6.07) is 15.0. The molecule has 0 radical (unpaired) electrons. The van der Waals surface area contributed by atoms with Crippen molar-refractivity contribution in [3.63, 3.8) is 0 Å². The summed E-state index contributed by atoms with van der Waals surface area (Å²) in [5, 5.41) is 1.07. The van der Waals surface area contributed by atoms with E-state index in [2.05, 4.69) is 47.6 Å². The van der Waals surface area contributed by atoms with Crippen LogP contribution in [0.2, 0.25) is 0 Å². The number of anilines is 2. The number of hydrogen-bond acceptors (Lipinski definition) is 6. The Labute approximate surface area is 195 Å². The quantitative estimate of drug-likeness (QED) is 0.528. The smallest absolute Gasteiger partial charge is 0.414 e. The van der Waals surface area contributed by atoms with Gasteiger partial charge in [0.2, 0.25) is 0 Å². The summed E-state index contributed by atoms with van der Waals surface area (Å²) in [5.41, 5.74) is 4.87. The molecule has 4 N–H and O–H groups in total. The second-order valence-electron chi connectivity index (χ2n) is 7.53. The highest BCUT2D eigenvalue weighted by molar-refractivity contribution is 7.98. The van der Waals surface area contributed by atoms with Crippen molar-refractivity contribution in [2.24, 2.45) is 0 Å². The summed E-state index contributed by atoms with van der Waals surface area (Å²) < 4.78 is 5.09. The van der Waals surface area contributed by atoms with Gasteiger partial charge in [-0.1, -0.05) is 18.2 Å². The SMILES string of the molecule is CSc1cccc(Cc2cnc(N3CCc4ccc(N5CCOC5=O)cc4C3)s2)c1.O.O. The average molecular weight is 474 g/mol. The van der Waals surface area contributed by atoms with Crippen LogP contribution in [0.4, 0.5) is 15.6 Å². The number of amides is 1. The van der Waals surface area contributed by atoms with Gasteiger partial charge in [-0.15, -0.1) is 23.1 Å². The van der Waals surface area contributed by atoms with Gasteiger partial charge in [0, 0.05) is 41.2 Å². The highest BCUT2D eigenvalue weighted by atomic mass is 32.2. The summed E-state index contributed by atoms with van der Waals surface area (Å²) in [6.45, 7) is 2.87. The van der Waals surface area contributed by atoms with Gasteiger partial charge >= 0.3 is 6.09 Å². The van der Waals surface area contributed by atoms with Crippen LogP contribution in [-0.4, -0.2) is 48.0 Å². The maximum atomic E-state index is 11.9. The van der Waals surface area contributed by atoms with Crippen molar-refractivity contribution < 1.29 is 20.5 Å². The number of fused-ring (bicyclic) bond motifs is 1. The number of thiazole rings is 1. The molecule has 3 heterocycles. The minimum absolute atomic E-state index is 0. The number of aromatic nitrogens is 1. The Morgan fingerprint density at radius 3 is 2.78 bits per heavy atom. The lowest BCUT2D eigenvalue weighted by molar-refractivity contribution is 0.181. The Morgan fingerprint density at radius 2 is 2.00 bits per heavy atom. The first-order valence-corrected chi connectivity index (χ1v) is 12.1. The number of cyclic esters (lactones) is 1. The Bertz CT molecular complexity index is 1090. The maximum absolute atomic E-state index is 11.9. The van der Waals surface area contributed by atoms with Crippen molar-refractivity contribution in [1.82, 2.24) is 4.98 Å². The number of nitrogens with zero attached hydrogens (tertiary/aromatic N) is 3. The highest BCUT2D eigenvalue weighted by Crippen LogP contribution is 2.32. The van der Waals surface area contributed by atoms with Crippen molar-refractivity contribution in [3.8, 4) is 0 Å². The van der Waals surface area contributed by atoms with Crippen LogP contribution >= 0.6 is 23.1 Å². The average Bonchev–Trinajstić information content (AvgIpc) is 3.42. The summed E-state index contributed by atoms with van der Waals surface area (Å²) in [7, 11) is 0. The maximum Gasteiger partial charge on any atom is 0.414 e. The van der Waals surface area contributed by atoms with Crippen LogP contribution in [0.15, 0.2) is 53.6 Å². The summed E-state index contributed by atoms with van der Waals surface area (Å²) in [5.74, 6) is 0. The Kier molecular flexibility index (Phi) is 7.78. The second kappa shape index (κ2) is 10.4. The normalized spacial score (nSPS) is 15.0. The number of ether oxygens (including phenoxy) is 1. The molecule has 3 aromatic rings. The largest absolute Gasteiger partial charge is 0.447 e. The van der Waals surface area contributed by atoms with Crippen molar-refractivity contribution in [1.29, 1.82) is 0 Å². The lowest BCUT2D eigenvalue weighted by Crippen LogP contribution is -2.31. The predicted octanol–water partition coefficient (Wildman–Crippen LogP) is 3.33. The van der Waals surface area contributed by atoms with Gasteiger partial charge in [0.05, 0.1) is 6.54 Å². The zero-order valence-electron chi connectivity index (χ0n) is 17.8. The molecular weight excluding hydrogens is 446 g/mol. The van der Waals surface area contributed by atoms with Crippen LogP contribution in [-0.2, 0) is 24.1 Å². The van der Waals surface area contributed by atoms with E-state index in [0.717, 1.165) is 36.8 Å². The van der Waals surface area contributed by atoms with Crippen molar-refractivity contribution >= 4 is 40.0 Å². The van der Waals surface area contributed by atoms with E-state index in [-0.39, 0.29) is 17.0 Å². The number of benzene rings is 2. The molecule has 2 aliphatic heterocycles. The summed E-state index contributed by atoms with van der Waals surface area (Å²) in [6.07, 6.45) is 5.77. The molecule has 1 fully saturated rings. The van der Waals surface area contributed by atoms with Gasteiger partial charge in [0.15, 0.2) is 5.13 Å². The first-order valence-electron chi connectivity index (χ1n) is 10.1. The van der Waals surface area contributed by atoms with E-state index >= 15 is 0 Å². The van der Waals surface area contributed by atoms with Gasteiger partial charge in [-0.2, -0.15) is 0 Å². The number of rotatable bonds is 5. The van der Waals surface area contributed by atoms with Crippen LogP contribution in [0.5, 0.6) is 0 Å². The molecular formula is C23H27N3O4S2. The van der Waals surface area contributed by atoms with E-state index in [4.69, 9.17) is 9.72 Å². The molecule has 0 spiro atoms. The molecule has 9 heteroatoms. The summed E-state index contributed by atoms with van der Waals surface area (Å²) >= 11 is 3.55. The van der Waals surface area contributed by atoms with E-state index in [1.165, 1.54) is 26.5 Å². The molecule has 2 aromatic carbocycles. The van der Waals surface area contributed by atoms with Crippen LogP contribution in [0.1, 0.15) is 21.6 Å². The molecule has 2 aliphatic rings. The van der Waals surface area contributed by atoms with E-state index in [9.17, 15) is 4.79 Å². The predicted molar refractivity (Wildman–Crippen MR) is 130 cm³/mol. The minimum Gasteiger partial charge on any atom is -0.447 e. The van der Waals surface area contributed by atoms with Crippen LogP contribution in [0.25, 0.3) is 0 Å². The van der Waals surface area contributed by atoms with E-state index in [0.29, 0.717) is 13.2 Å². The zero-order chi connectivity index (χ0) is 20.5. The number of carbonyl (C=O) groups excluding carboxylic acids is 1. The van der Waals surface area contributed by atoms with Gasteiger partial charge in [-0.05, 0) is 53.6 Å². The standard InChI is InChI=1S/C23H23N3O2S2.2H2O/c1-29-20-4-2-3-16(11-20)12-21-14-24-22(30-21)25-8-7-17-5-6-19(13-18(17)15-25)26-9-10-28-23(26)27;;/h2-6,11,13-14H,7-10,12,15H2,1H3;2*1H2. The Balaban J connectivity index is 0.00000144. The second-order valence-corrected chi connectivity index (χ2v) is 9.50. The van der Waals surface area contributed by atoms with Crippen LogP contribution in [0, 0.1) is 0 Å². The molecule has 5 rings (SSSR count). The zero-order valence-corrected chi connectivity index (χ0v) is 19.5. The number of carbonyl (C=O) groups is 1. The van der Waals surface area contributed by atoms with Gasteiger partial charge in [0.25, 0.3) is 0 Å². The van der Waals surface area contributed by atoms with E-state index in [1.807, 2.05) is 12.3 Å². The van der Waals surface area contributed by atoms with Crippen LogP contribution in [0.3, 0.4) is 0 Å². The lowest BCUT2D eigenvalue weighted by Gasteiger charge is -2.29. The molecule has 0 saturated carbocycles. The molecule has 32 heavy (non-hydrogen) atoms. The molecule has 1 saturated heterocycles. The van der Waals surface area contributed by atoms with E-state index in [1.54, 1.807) is 28.0 Å². The van der Waals surface area contributed by atoms with Gasteiger partial charge in [-0.3, -0.25) is 4.90 Å². The lowest BCUT2D eigenvalue weighted by atomic mass is 9.99. The first kappa shape index (κ1) is 24.1. The third kappa shape index (κ3) is 4.91. The van der Waals surface area contributed by atoms with Crippen LogP contribution < -0.4 is 9.80 Å². The highest BCUT2D eigenvalue weighted by Gasteiger charge is 2.26. The van der Waals surface area contributed by atoms with Gasteiger partial charge < -0.3 is 20.6 Å². The fourth-order valence-electron chi connectivity index (χ4n) is 4.01. The van der Waals surface area contributed by atoms with E-state index < -0.39 is 0 Å². The molecule has 170 valence electrons. The first-order chi connectivity index (χ1) is 14.7. The van der Waals surface area contributed by atoms with Crippen molar-refractivity contribution in [2.75, 3.05) is 35.8 Å². The molecule has 1 aromatic heterocycles. The number of thioether (sulfide) groups is 1. The van der Waals surface area contributed by atoms with Gasteiger partial charge in [0.1, 0.15) is 6.61 Å². The third-order valence-corrected chi connectivity index (χ3v) is 7.38. The van der Waals surface area contributed by atoms with Crippen molar-refractivity contribution in [2.45, 2.75) is 24.3 Å². The van der Waals surface area contributed by atoms with Gasteiger partial charge in [-0.25, -0.2) is 9.78 Å². The fraction of sp³-hybridized carbons (Fsp3) is 0.304. The molecule has 0 unspecified atom stereocenters. The molecule has 0 bridgehead atoms. The minimum atomic E-state index is -0.252. The third-order valence-electron chi connectivity index (χ3n) is 5.60. The molecule has 7 nitrogen and oxygen atoms in total. The van der Waals surface area contributed by atoms with Crippen molar-refractivity contribution in [3.05, 3.63) is 70.2 Å². The topological polar surface area (TPSA) is 109 Å². The molecule has 1 amide bonds. The monoisotopic (exact) mass is 473 g/mol.